The van der Waals surface area contributed by atoms with Crippen molar-refractivity contribution >= 4 is 27.1 Å². The number of hydrogen-bond donors (Lipinski definition) is 1. The maximum atomic E-state index is 12.4. The first-order valence-electron chi connectivity index (χ1n) is 5.78. The number of aromatic nitrogens is 1. The zero-order valence-corrected chi connectivity index (χ0v) is 12.6. The third-order valence-electron chi connectivity index (χ3n) is 2.85. The van der Waals surface area contributed by atoms with E-state index in [2.05, 4.69) is 4.98 Å². The van der Waals surface area contributed by atoms with E-state index < -0.39 is 15.8 Å². The highest BCUT2D eigenvalue weighted by Gasteiger charge is 2.22. The Morgan fingerprint density at radius 2 is 2.05 bits per heavy atom. The molecule has 0 aliphatic heterocycles. The Morgan fingerprint density at radius 3 is 2.60 bits per heavy atom. The number of hydrogen-bond acceptors (Lipinski definition) is 5. The average molecular weight is 311 g/mol. The van der Waals surface area contributed by atoms with Crippen molar-refractivity contribution in [3.8, 4) is 0 Å². The Morgan fingerprint density at radius 1 is 1.35 bits per heavy atom. The number of aromatic carboxylic acids is 1. The second-order valence-corrected chi connectivity index (χ2v) is 7.37. The fourth-order valence-electron chi connectivity index (χ4n) is 1.93. The molecule has 0 radical (unpaired) electrons. The van der Waals surface area contributed by atoms with Crippen molar-refractivity contribution in [2.45, 2.75) is 24.5 Å². The molecule has 1 aromatic carbocycles. The summed E-state index contributed by atoms with van der Waals surface area (Å²) in [5, 5.41) is 11.5. The molecule has 2 aromatic rings. The number of aryl methyl sites for hydroxylation is 1. The van der Waals surface area contributed by atoms with E-state index in [4.69, 9.17) is 5.11 Å². The van der Waals surface area contributed by atoms with Gasteiger partial charge >= 0.3 is 5.97 Å². The van der Waals surface area contributed by atoms with Crippen molar-refractivity contribution in [1.82, 2.24) is 4.98 Å². The van der Waals surface area contributed by atoms with Crippen molar-refractivity contribution in [2.24, 2.45) is 0 Å². The van der Waals surface area contributed by atoms with Crippen LogP contribution in [0, 0.1) is 13.8 Å². The van der Waals surface area contributed by atoms with Crippen LogP contribution in [0.5, 0.6) is 0 Å². The molecule has 0 spiro atoms. The molecule has 0 fully saturated rings. The fourth-order valence-corrected chi connectivity index (χ4v) is 4.20. The molecule has 0 atom stereocenters. The van der Waals surface area contributed by atoms with E-state index in [9.17, 15) is 13.2 Å². The average Bonchev–Trinajstić information content (AvgIpc) is 2.73. The molecule has 0 unspecified atom stereocenters. The lowest BCUT2D eigenvalue weighted by Gasteiger charge is -2.08. The molecule has 0 saturated heterocycles. The number of carboxylic acids is 1. The van der Waals surface area contributed by atoms with E-state index in [0.717, 1.165) is 5.01 Å². The Hall–Kier alpha value is -1.73. The van der Waals surface area contributed by atoms with E-state index in [1.54, 1.807) is 12.3 Å². The highest BCUT2D eigenvalue weighted by atomic mass is 32.2. The summed E-state index contributed by atoms with van der Waals surface area (Å²) in [4.78, 5) is 15.2. The maximum Gasteiger partial charge on any atom is 0.335 e. The first kappa shape index (κ1) is 14.7. The number of thiazole rings is 1. The third-order valence-corrected chi connectivity index (χ3v) is 5.46. The van der Waals surface area contributed by atoms with Gasteiger partial charge in [-0.2, -0.15) is 0 Å². The molecule has 1 N–H and O–H groups in total. The van der Waals surface area contributed by atoms with Gasteiger partial charge in [-0.15, -0.1) is 11.3 Å². The second-order valence-electron chi connectivity index (χ2n) is 4.35. The predicted octanol–water partition coefficient (Wildman–Crippen LogP) is 2.43. The molecule has 0 amide bonds. The molecule has 5 nitrogen and oxygen atoms in total. The monoisotopic (exact) mass is 311 g/mol. The summed E-state index contributed by atoms with van der Waals surface area (Å²) in [6.07, 6.45) is 0. The first-order chi connectivity index (χ1) is 9.31. The van der Waals surface area contributed by atoms with Gasteiger partial charge in [0.25, 0.3) is 0 Å². The molecular formula is C13H13NO4S2. The number of sulfone groups is 1. The van der Waals surface area contributed by atoms with Crippen molar-refractivity contribution in [3.05, 3.63) is 45.4 Å². The Kier molecular flexibility index (Phi) is 3.92. The van der Waals surface area contributed by atoms with E-state index in [-0.39, 0.29) is 21.8 Å². The molecule has 1 heterocycles. The van der Waals surface area contributed by atoms with Gasteiger partial charge in [0.15, 0.2) is 9.84 Å². The van der Waals surface area contributed by atoms with Crippen molar-refractivity contribution in [1.29, 1.82) is 0 Å². The van der Waals surface area contributed by atoms with Crippen LogP contribution in [-0.2, 0) is 15.6 Å². The van der Waals surface area contributed by atoms with E-state index in [1.807, 2.05) is 0 Å². The van der Waals surface area contributed by atoms with Gasteiger partial charge in [0.2, 0.25) is 0 Å². The normalized spacial score (nSPS) is 11.5. The minimum Gasteiger partial charge on any atom is -0.478 e. The smallest absolute Gasteiger partial charge is 0.335 e. The Labute approximate surface area is 120 Å². The number of rotatable bonds is 4. The Balaban J connectivity index is 2.44. The summed E-state index contributed by atoms with van der Waals surface area (Å²) in [6, 6.07) is 4.26. The van der Waals surface area contributed by atoms with Gasteiger partial charge in [-0.05, 0) is 31.5 Å². The second kappa shape index (κ2) is 5.34. The highest BCUT2D eigenvalue weighted by molar-refractivity contribution is 7.90. The zero-order chi connectivity index (χ0) is 14.9. The molecule has 0 aliphatic rings. The van der Waals surface area contributed by atoms with E-state index >= 15 is 0 Å². The summed E-state index contributed by atoms with van der Waals surface area (Å²) < 4.78 is 24.8. The third kappa shape index (κ3) is 2.88. The largest absolute Gasteiger partial charge is 0.478 e. The molecule has 0 saturated carbocycles. The van der Waals surface area contributed by atoms with Crippen molar-refractivity contribution in [3.63, 3.8) is 0 Å². The highest BCUT2D eigenvalue weighted by Crippen LogP contribution is 2.23. The molecule has 0 bridgehead atoms. The zero-order valence-electron chi connectivity index (χ0n) is 11.0. The number of benzene rings is 1. The summed E-state index contributed by atoms with van der Waals surface area (Å²) >= 11 is 1.38. The predicted molar refractivity (Wildman–Crippen MR) is 75.9 cm³/mol. The number of carboxylic acid groups (broad SMARTS) is 1. The van der Waals surface area contributed by atoms with Crippen LogP contribution < -0.4 is 0 Å². The van der Waals surface area contributed by atoms with Crippen LogP contribution in [0.4, 0.5) is 0 Å². The summed E-state index contributed by atoms with van der Waals surface area (Å²) in [5.74, 6) is -1.36. The van der Waals surface area contributed by atoms with Crippen LogP contribution in [0.25, 0.3) is 0 Å². The topological polar surface area (TPSA) is 84.3 Å². The molecular weight excluding hydrogens is 298 g/mol. The van der Waals surface area contributed by atoms with Gasteiger partial charge in [-0.25, -0.2) is 18.2 Å². The standard InChI is InChI=1S/C13H13NO4S2/c1-8-11(13(15)16)4-3-5-12(8)20(17,18)7-10-6-19-9(2)14-10/h3-6H,7H2,1-2H3,(H,15,16). The van der Waals surface area contributed by atoms with Crippen molar-refractivity contribution in [2.75, 3.05) is 0 Å². The lowest BCUT2D eigenvalue weighted by Crippen LogP contribution is -2.10. The van der Waals surface area contributed by atoms with Crippen LogP contribution in [-0.4, -0.2) is 24.5 Å². The molecule has 20 heavy (non-hydrogen) atoms. The van der Waals surface area contributed by atoms with Crippen molar-refractivity contribution < 1.29 is 18.3 Å². The van der Waals surface area contributed by atoms with Gasteiger partial charge < -0.3 is 5.11 Å². The molecule has 7 heteroatoms. The molecule has 2 rings (SSSR count). The summed E-state index contributed by atoms with van der Waals surface area (Å²) in [5.41, 5.74) is 0.736. The quantitative estimate of drug-likeness (QED) is 0.937. The minimum absolute atomic E-state index is 0.000494. The van der Waals surface area contributed by atoms with Crippen LogP contribution in [0.1, 0.15) is 26.6 Å². The number of nitrogens with zero attached hydrogens (tertiary/aromatic N) is 1. The summed E-state index contributed by atoms with van der Waals surface area (Å²) in [6.45, 7) is 3.31. The van der Waals surface area contributed by atoms with Crippen LogP contribution in [0.15, 0.2) is 28.5 Å². The van der Waals surface area contributed by atoms with E-state index in [0.29, 0.717) is 5.69 Å². The first-order valence-corrected chi connectivity index (χ1v) is 8.31. The lowest BCUT2D eigenvalue weighted by molar-refractivity contribution is 0.0696. The minimum atomic E-state index is -3.61. The fraction of sp³-hybridized carbons (Fsp3) is 0.231. The van der Waals surface area contributed by atoms with Gasteiger partial charge in [0, 0.05) is 5.38 Å². The molecule has 0 aliphatic carbocycles. The van der Waals surface area contributed by atoms with Crippen LogP contribution >= 0.6 is 11.3 Å². The van der Waals surface area contributed by atoms with Gasteiger partial charge in [-0.1, -0.05) is 6.07 Å². The Bertz CT molecular complexity index is 762. The molecule has 1 aromatic heterocycles. The lowest BCUT2D eigenvalue weighted by atomic mass is 10.1. The number of carbonyl (C=O) groups is 1. The van der Waals surface area contributed by atoms with Crippen LogP contribution in [0.2, 0.25) is 0 Å². The molecule has 106 valence electrons. The van der Waals surface area contributed by atoms with E-state index in [1.165, 1.54) is 36.5 Å². The summed E-state index contributed by atoms with van der Waals surface area (Å²) in [7, 11) is -3.61. The SMILES string of the molecule is Cc1nc(CS(=O)(=O)c2cccc(C(=O)O)c2C)cs1. The van der Waals surface area contributed by atoms with Gasteiger partial charge in [0.1, 0.15) is 0 Å². The maximum absolute atomic E-state index is 12.4. The van der Waals surface area contributed by atoms with Gasteiger partial charge in [0.05, 0.1) is 26.9 Å². The van der Waals surface area contributed by atoms with Crippen LogP contribution in [0.3, 0.4) is 0 Å². The van der Waals surface area contributed by atoms with Gasteiger partial charge in [-0.3, -0.25) is 0 Å².